The molecule has 0 radical (unpaired) electrons. The van der Waals surface area contributed by atoms with Crippen molar-refractivity contribution >= 4 is 11.9 Å². The Morgan fingerprint density at radius 1 is 0.945 bits per heavy atom. The number of rotatable bonds is 22. The molecule has 0 saturated heterocycles. The van der Waals surface area contributed by atoms with E-state index in [1.807, 2.05) is 25.1 Å². The standard InChI is InChI=1S/C49H83NO5/c1-35(2)18-14-15-19-38-23-25-42-41-24-22-39-34-40(26-28-49(39,9)43(41)27-29-48(38,42)8)53-32-16-12-13-20-44(55-45(51)21-17-31-50(10)11)37(5)46(52)54-33-30-47(6,7)36(3)4/h22,30,33,35-36,38,40-44H,5,12-21,23-29,31-32,34H2,1-4,6-11H3. The number of fused-ring (bicyclic) bond motifs is 5. The number of ether oxygens (including phenoxy) is 3. The number of nitrogens with zero attached hydrogens (tertiary/aromatic N) is 1. The molecule has 6 nitrogen and oxygen atoms in total. The predicted molar refractivity (Wildman–Crippen MR) is 227 cm³/mol. The van der Waals surface area contributed by atoms with E-state index in [0.717, 1.165) is 74.8 Å². The van der Waals surface area contributed by atoms with Crippen LogP contribution in [-0.2, 0) is 23.8 Å². The third-order valence-electron chi connectivity index (χ3n) is 15.4. The van der Waals surface area contributed by atoms with Crippen LogP contribution in [0.25, 0.3) is 0 Å². The highest BCUT2D eigenvalue weighted by molar-refractivity contribution is 5.89. The molecule has 8 atom stereocenters. The van der Waals surface area contributed by atoms with E-state index in [0.29, 0.717) is 42.1 Å². The summed E-state index contributed by atoms with van der Waals surface area (Å²) >= 11 is 0. The van der Waals surface area contributed by atoms with Gasteiger partial charge in [0.1, 0.15) is 6.10 Å². The topological polar surface area (TPSA) is 65.1 Å². The lowest BCUT2D eigenvalue weighted by Crippen LogP contribution is -2.50. The fourth-order valence-corrected chi connectivity index (χ4v) is 10.9. The second kappa shape index (κ2) is 20.7. The summed E-state index contributed by atoms with van der Waals surface area (Å²) in [6.07, 6.45) is 26.2. The van der Waals surface area contributed by atoms with Gasteiger partial charge in [0, 0.05) is 13.0 Å². The molecule has 0 bridgehead atoms. The average Bonchev–Trinajstić information content (AvgIpc) is 3.46. The molecule has 0 heterocycles. The molecule has 4 rings (SSSR count). The first kappa shape index (κ1) is 45.8. The highest BCUT2D eigenvalue weighted by atomic mass is 16.6. The first-order chi connectivity index (χ1) is 26.0. The van der Waals surface area contributed by atoms with Crippen LogP contribution >= 0.6 is 0 Å². The zero-order chi connectivity index (χ0) is 40.4. The van der Waals surface area contributed by atoms with Gasteiger partial charge in [-0.3, -0.25) is 4.79 Å². The normalized spacial score (nSPS) is 29.9. The number of allylic oxidation sites excluding steroid dienone is 2. The monoisotopic (exact) mass is 766 g/mol. The molecule has 55 heavy (non-hydrogen) atoms. The minimum Gasteiger partial charge on any atom is -0.457 e. The van der Waals surface area contributed by atoms with Crippen LogP contribution in [0.3, 0.4) is 0 Å². The third-order valence-corrected chi connectivity index (χ3v) is 15.4. The van der Waals surface area contributed by atoms with Gasteiger partial charge in [0.15, 0.2) is 0 Å². The van der Waals surface area contributed by atoms with Crippen molar-refractivity contribution in [1.29, 1.82) is 0 Å². The zero-order valence-corrected chi connectivity index (χ0v) is 37.2. The third kappa shape index (κ3) is 12.3. The van der Waals surface area contributed by atoms with Gasteiger partial charge in [0.2, 0.25) is 0 Å². The van der Waals surface area contributed by atoms with E-state index in [1.54, 1.807) is 5.57 Å². The number of hydrogen-bond acceptors (Lipinski definition) is 6. The molecule has 3 saturated carbocycles. The Kier molecular flexibility index (Phi) is 17.2. The number of carbonyl (C=O) groups is 2. The summed E-state index contributed by atoms with van der Waals surface area (Å²) in [6, 6.07) is 0. The molecule has 314 valence electrons. The molecule has 0 aromatic heterocycles. The molecule has 6 heteroatoms. The smallest absolute Gasteiger partial charge is 0.341 e. The van der Waals surface area contributed by atoms with Gasteiger partial charge in [-0.2, -0.15) is 0 Å². The lowest BCUT2D eigenvalue weighted by Gasteiger charge is -2.58. The summed E-state index contributed by atoms with van der Waals surface area (Å²) in [6.45, 7) is 24.1. The van der Waals surface area contributed by atoms with E-state index < -0.39 is 12.1 Å². The average molecular weight is 766 g/mol. The molecule has 3 fully saturated rings. The second-order valence-corrected chi connectivity index (χ2v) is 20.4. The Morgan fingerprint density at radius 3 is 2.40 bits per heavy atom. The first-order valence-electron chi connectivity index (χ1n) is 22.7. The van der Waals surface area contributed by atoms with Gasteiger partial charge in [-0.1, -0.05) is 99.3 Å². The highest BCUT2D eigenvalue weighted by Crippen LogP contribution is 2.67. The number of unbranched alkanes of at least 4 members (excludes halogenated alkanes) is 3. The lowest BCUT2D eigenvalue weighted by molar-refractivity contribution is -0.149. The SMILES string of the molecule is C=C(C(=O)OC=CC(C)(C)C(C)C)C(CCCCCOC1CCC2(C)C(=CCC3C2CCC2(C)C(CCCCC(C)C)CCC32)C1)OC(=O)CCCN(C)C. The number of carbonyl (C=O) groups excluding carboxylic acids is 2. The van der Waals surface area contributed by atoms with Crippen molar-refractivity contribution in [1.82, 2.24) is 4.90 Å². The van der Waals surface area contributed by atoms with Crippen molar-refractivity contribution in [3.8, 4) is 0 Å². The van der Waals surface area contributed by atoms with Crippen LogP contribution in [0.15, 0.2) is 36.1 Å². The van der Waals surface area contributed by atoms with E-state index in [1.165, 1.54) is 70.5 Å². The molecular formula is C49H83NO5. The van der Waals surface area contributed by atoms with Crippen molar-refractivity contribution in [2.24, 2.45) is 51.8 Å². The summed E-state index contributed by atoms with van der Waals surface area (Å²) in [5, 5.41) is 0. The van der Waals surface area contributed by atoms with Crippen LogP contribution in [0, 0.1) is 51.8 Å². The van der Waals surface area contributed by atoms with E-state index in [9.17, 15) is 9.59 Å². The van der Waals surface area contributed by atoms with Crippen LogP contribution < -0.4 is 0 Å². The minimum atomic E-state index is -0.688. The maximum absolute atomic E-state index is 13.0. The van der Waals surface area contributed by atoms with Gasteiger partial charge in [0.25, 0.3) is 0 Å². The second-order valence-electron chi connectivity index (χ2n) is 20.4. The molecule has 4 aliphatic carbocycles. The van der Waals surface area contributed by atoms with Crippen molar-refractivity contribution in [2.45, 2.75) is 183 Å². The molecule has 8 unspecified atom stereocenters. The van der Waals surface area contributed by atoms with Crippen molar-refractivity contribution in [3.05, 3.63) is 36.1 Å². The quantitative estimate of drug-likeness (QED) is 0.0359. The highest BCUT2D eigenvalue weighted by Gasteiger charge is 2.58. The zero-order valence-electron chi connectivity index (χ0n) is 37.2. The molecule has 0 amide bonds. The van der Waals surface area contributed by atoms with Crippen LogP contribution in [-0.4, -0.2) is 56.3 Å². The molecule has 0 N–H and O–H groups in total. The lowest BCUT2D eigenvalue weighted by atomic mass is 9.47. The van der Waals surface area contributed by atoms with Gasteiger partial charge >= 0.3 is 11.9 Å². The van der Waals surface area contributed by atoms with Crippen LogP contribution in [0.2, 0.25) is 0 Å². The van der Waals surface area contributed by atoms with Crippen molar-refractivity contribution in [3.63, 3.8) is 0 Å². The molecule has 4 aliphatic rings. The van der Waals surface area contributed by atoms with Crippen LogP contribution in [0.5, 0.6) is 0 Å². The van der Waals surface area contributed by atoms with Gasteiger partial charge in [0.05, 0.1) is 17.9 Å². The summed E-state index contributed by atoms with van der Waals surface area (Å²) in [5.41, 5.74) is 2.69. The fourth-order valence-electron chi connectivity index (χ4n) is 10.9. The maximum atomic E-state index is 13.0. The summed E-state index contributed by atoms with van der Waals surface area (Å²) in [5.74, 6) is 3.96. The van der Waals surface area contributed by atoms with Crippen LogP contribution in [0.4, 0.5) is 0 Å². The Labute approximate surface area is 338 Å². The molecule has 0 aromatic rings. The van der Waals surface area contributed by atoms with Crippen LogP contribution in [0.1, 0.15) is 171 Å². The number of hydrogen-bond donors (Lipinski definition) is 0. The summed E-state index contributed by atoms with van der Waals surface area (Å²) < 4.78 is 17.9. The van der Waals surface area contributed by atoms with Crippen molar-refractivity contribution in [2.75, 3.05) is 27.2 Å². The number of esters is 2. The largest absolute Gasteiger partial charge is 0.457 e. The van der Waals surface area contributed by atoms with Gasteiger partial charge in [-0.25, -0.2) is 4.79 Å². The van der Waals surface area contributed by atoms with E-state index in [4.69, 9.17) is 14.2 Å². The summed E-state index contributed by atoms with van der Waals surface area (Å²) in [7, 11) is 3.98. The summed E-state index contributed by atoms with van der Waals surface area (Å²) in [4.78, 5) is 27.8. The van der Waals surface area contributed by atoms with E-state index >= 15 is 0 Å². The maximum Gasteiger partial charge on any atom is 0.341 e. The van der Waals surface area contributed by atoms with Gasteiger partial charge in [-0.15, -0.1) is 0 Å². The Bertz CT molecular complexity index is 1310. The minimum absolute atomic E-state index is 0.112. The van der Waals surface area contributed by atoms with Crippen molar-refractivity contribution < 1.29 is 23.8 Å². The Morgan fingerprint density at radius 2 is 1.69 bits per heavy atom. The van der Waals surface area contributed by atoms with Gasteiger partial charge in [-0.05, 0) is 162 Å². The first-order valence-corrected chi connectivity index (χ1v) is 22.7. The predicted octanol–water partition coefficient (Wildman–Crippen LogP) is 12.3. The van der Waals surface area contributed by atoms with E-state index in [2.05, 4.69) is 68.0 Å². The Balaban J connectivity index is 1.23. The van der Waals surface area contributed by atoms with E-state index in [-0.39, 0.29) is 17.0 Å². The molecule has 0 spiro atoms. The van der Waals surface area contributed by atoms with Gasteiger partial charge < -0.3 is 19.1 Å². The molecule has 0 aromatic carbocycles. The fraction of sp³-hybridized carbons (Fsp3) is 0.837. The molecule has 0 aliphatic heterocycles. The molecular weight excluding hydrogens is 683 g/mol. The Hall–Kier alpha value is -1.92.